The zero-order valence-corrected chi connectivity index (χ0v) is 17.4. The van der Waals surface area contributed by atoms with Crippen molar-refractivity contribution in [3.05, 3.63) is 17.4 Å². The van der Waals surface area contributed by atoms with E-state index in [2.05, 4.69) is 9.71 Å². The summed E-state index contributed by atoms with van der Waals surface area (Å²) in [6.07, 6.45) is 1.51. The van der Waals surface area contributed by atoms with Gasteiger partial charge in [0.1, 0.15) is 0 Å². The van der Waals surface area contributed by atoms with Gasteiger partial charge in [0, 0.05) is 32.4 Å². The number of methoxy groups -OCH3 is 1. The van der Waals surface area contributed by atoms with E-state index in [0.29, 0.717) is 5.46 Å². The number of aromatic nitrogens is 1. The summed E-state index contributed by atoms with van der Waals surface area (Å²) in [7, 11) is -1.52. The number of nitrogens with one attached hydrogen (secondary N) is 1. The Labute approximate surface area is 160 Å². The highest BCUT2D eigenvalue weighted by molar-refractivity contribution is 7.90. The summed E-state index contributed by atoms with van der Waals surface area (Å²) in [6, 6.07) is 1.57. The fraction of sp³-hybridized carbons (Fsp3) is 0.667. The maximum absolute atomic E-state index is 12.4. The summed E-state index contributed by atoms with van der Waals surface area (Å²) in [5.74, 6) is 0. The molecule has 0 aliphatic carbocycles. The van der Waals surface area contributed by atoms with Gasteiger partial charge in [0.15, 0.2) is 5.15 Å². The number of hydrogen-bond donors (Lipinski definition) is 1. The Kier molecular flexibility index (Phi) is 6.26. The maximum atomic E-state index is 12.4. The number of hydrogen-bond acceptors (Lipinski definition) is 6. The second-order valence-electron chi connectivity index (χ2n) is 7.12. The van der Waals surface area contributed by atoms with Crippen LogP contribution >= 0.6 is 11.6 Å². The van der Waals surface area contributed by atoms with Gasteiger partial charge in [-0.25, -0.2) is 4.98 Å². The molecule has 0 atom stereocenters. The molecule has 0 bridgehead atoms. The van der Waals surface area contributed by atoms with E-state index in [1.807, 2.05) is 27.7 Å². The first-order valence-electron chi connectivity index (χ1n) is 8.14. The van der Waals surface area contributed by atoms with E-state index in [4.69, 9.17) is 25.6 Å². The average Bonchev–Trinajstić information content (AvgIpc) is 2.75. The third-order valence-electron chi connectivity index (χ3n) is 4.65. The summed E-state index contributed by atoms with van der Waals surface area (Å²) >= 11 is 6.07. The van der Waals surface area contributed by atoms with Gasteiger partial charge < -0.3 is 14.0 Å². The fourth-order valence-corrected chi connectivity index (χ4v) is 3.31. The summed E-state index contributed by atoms with van der Waals surface area (Å²) in [5, 5.41) is 0.0361. The van der Waals surface area contributed by atoms with Crippen LogP contribution in [0.5, 0.6) is 0 Å². The van der Waals surface area contributed by atoms with Crippen LogP contribution < -0.4 is 10.2 Å². The SMILES string of the molecule is COCCN(C)S(=O)(=O)Nc1cc(B2OC(C)(C)C(C)(C)O2)cnc1Cl. The molecule has 26 heavy (non-hydrogen) atoms. The van der Waals surface area contributed by atoms with Gasteiger partial charge in [-0.15, -0.1) is 0 Å². The van der Waals surface area contributed by atoms with Crippen LogP contribution in [-0.4, -0.2) is 63.3 Å². The second-order valence-corrected chi connectivity index (χ2v) is 9.25. The van der Waals surface area contributed by atoms with E-state index in [9.17, 15) is 8.42 Å². The third kappa shape index (κ3) is 4.49. The molecule has 2 rings (SSSR count). The number of halogens is 1. The highest BCUT2D eigenvalue weighted by atomic mass is 35.5. The zero-order chi connectivity index (χ0) is 19.8. The van der Waals surface area contributed by atoms with Crippen LogP contribution in [0.2, 0.25) is 5.15 Å². The smallest absolute Gasteiger partial charge is 0.399 e. The van der Waals surface area contributed by atoms with Gasteiger partial charge in [0.25, 0.3) is 0 Å². The topological polar surface area (TPSA) is 90.0 Å². The lowest BCUT2D eigenvalue weighted by Crippen LogP contribution is -2.41. The largest absolute Gasteiger partial charge is 0.496 e. The number of pyridine rings is 1. The molecule has 8 nitrogen and oxygen atoms in total. The van der Waals surface area contributed by atoms with E-state index in [1.165, 1.54) is 20.4 Å². The lowest BCUT2D eigenvalue weighted by molar-refractivity contribution is 0.00578. The number of rotatable bonds is 7. The van der Waals surface area contributed by atoms with Crippen LogP contribution in [0.15, 0.2) is 12.3 Å². The standard InChI is InChI=1S/C15H25BClN3O5S/c1-14(2)15(3,4)25-16(24-14)11-9-12(13(17)18-10-11)19-26(21,22)20(5)7-8-23-6/h9-10,19H,7-8H2,1-6H3. The first-order chi connectivity index (χ1) is 11.9. The molecular formula is C15H25BClN3O5S. The van der Waals surface area contributed by atoms with Crippen molar-refractivity contribution >= 4 is 40.1 Å². The van der Waals surface area contributed by atoms with Crippen molar-refractivity contribution in [2.45, 2.75) is 38.9 Å². The van der Waals surface area contributed by atoms with E-state index in [0.717, 1.165) is 4.31 Å². The van der Waals surface area contributed by atoms with Gasteiger partial charge in [-0.1, -0.05) is 11.6 Å². The Morgan fingerprint density at radius 1 is 1.31 bits per heavy atom. The highest BCUT2D eigenvalue weighted by Crippen LogP contribution is 2.36. The number of anilines is 1. The van der Waals surface area contributed by atoms with Crippen molar-refractivity contribution in [1.82, 2.24) is 9.29 Å². The minimum absolute atomic E-state index is 0.0361. The Morgan fingerprint density at radius 2 is 1.88 bits per heavy atom. The molecule has 0 spiro atoms. The Hall–Kier alpha value is -0.905. The van der Waals surface area contributed by atoms with Crippen molar-refractivity contribution in [3.63, 3.8) is 0 Å². The molecule has 1 aliphatic rings. The average molecular weight is 406 g/mol. The normalized spacial score (nSPS) is 19.2. The molecule has 0 saturated carbocycles. The molecule has 0 aromatic carbocycles. The molecule has 2 heterocycles. The van der Waals surface area contributed by atoms with Crippen molar-refractivity contribution in [2.75, 3.05) is 32.0 Å². The van der Waals surface area contributed by atoms with E-state index in [-0.39, 0.29) is 24.0 Å². The number of ether oxygens (including phenoxy) is 1. The minimum atomic E-state index is -3.80. The van der Waals surface area contributed by atoms with Crippen molar-refractivity contribution in [3.8, 4) is 0 Å². The lowest BCUT2D eigenvalue weighted by atomic mass is 9.80. The van der Waals surface area contributed by atoms with E-state index < -0.39 is 28.5 Å². The fourth-order valence-electron chi connectivity index (χ4n) is 2.20. The Bertz CT molecular complexity index is 744. The molecule has 1 aromatic rings. The lowest BCUT2D eigenvalue weighted by Gasteiger charge is -2.32. The molecular weight excluding hydrogens is 381 g/mol. The molecule has 0 radical (unpaired) electrons. The molecule has 1 saturated heterocycles. The molecule has 0 unspecified atom stereocenters. The minimum Gasteiger partial charge on any atom is -0.399 e. The molecule has 1 aromatic heterocycles. The Balaban J connectivity index is 2.23. The molecule has 1 N–H and O–H groups in total. The number of nitrogens with zero attached hydrogens (tertiary/aromatic N) is 2. The highest BCUT2D eigenvalue weighted by Gasteiger charge is 2.52. The van der Waals surface area contributed by atoms with E-state index >= 15 is 0 Å². The van der Waals surface area contributed by atoms with Crippen molar-refractivity contribution < 1.29 is 22.5 Å². The molecule has 11 heteroatoms. The van der Waals surface area contributed by atoms with Crippen LogP contribution in [0.25, 0.3) is 0 Å². The van der Waals surface area contributed by atoms with Crippen LogP contribution in [-0.2, 0) is 24.3 Å². The van der Waals surface area contributed by atoms with Crippen LogP contribution in [0.1, 0.15) is 27.7 Å². The summed E-state index contributed by atoms with van der Waals surface area (Å²) in [6.45, 7) is 8.22. The van der Waals surface area contributed by atoms with Crippen LogP contribution in [0.4, 0.5) is 5.69 Å². The van der Waals surface area contributed by atoms with Crippen LogP contribution in [0.3, 0.4) is 0 Å². The summed E-state index contributed by atoms with van der Waals surface area (Å²) in [5.41, 5.74) is -0.303. The first-order valence-corrected chi connectivity index (χ1v) is 9.95. The second kappa shape index (κ2) is 7.61. The Morgan fingerprint density at radius 3 is 2.42 bits per heavy atom. The monoisotopic (exact) mass is 405 g/mol. The summed E-state index contributed by atoms with van der Waals surface area (Å²) in [4.78, 5) is 4.06. The summed E-state index contributed by atoms with van der Waals surface area (Å²) < 4.78 is 45.2. The van der Waals surface area contributed by atoms with Gasteiger partial charge in [-0.3, -0.25) is 4.72 Å². The molecule has 1 aliphatic heterocycles. The van der Waals surface area contributed by atoms with Crippen molar-refractivity contribution in [1.29, 1.82) is 0 Å². The quantitative estimate of drug-likeness (QED) is 0.543. The van der Waals surface area contributed by atoms with Gasteiger partial charge in [0.2, 0.25) is 0 Å². The predicted octanol–water partition coefficient (Wildman–Crippen LogP) is 1.27. The third-order valence-corrected chi connectivity index (χ3v) is 6.43. The molecule has 0 amide bonds. The van der Waals surface area contributed by atoms with E-state index in [1.54, 1.807) is 6.07 Å². The molecule has 1 fully saturated rings. The van der Waals surface area contributed by atoms with Crippen LogP contribution in [0, 0.1) is 0 Å². The van der Waals surface area contributed by atoms with Gasteiger partial charge in [0.05, 0.1) is 23.5 Å². The van der Waals surface area contributed by atoms with Gasteiger partial charge in [-0.05, 0) is 33.8 Å². The predicted molar refractivity (Wildman–Crippen MR) is 102 cm³/mol. The van der Waals surface area contributed by atoms with Gasteiger partial charge in [-0.2, -0.15) is 12.7 Å². The first kappa shape index (κ1) is 21.4. The maximum Gasteiger partial charge on any atom is 0.496 e. The number of likely N-dealkylation sites (N-methyl/N-ethyl adjacent to an activating group) is 1. The molecule has 146 valence electrons. The van der Waals surface area contributed by atoms with Crippen molar-refractivity contribution in [2.24, 2.45) is 0 Å². The van der Waals surface area contributed by atoms with Gasteiger partial charge >= 0.3 is 17.3 Å². The zero-order valence-electron chi connectivity index (χ0n) is 15.9.